The fraction of sp³-hybridized carbons (Fsp3) is 0.583. The summed E-state index contributed by atoms with van der Waals surface area (Å²) in [5.74, 6) is 0.152. The Balaban J connectivity index is 1.96. The second kappa shape index (κ2) is 5.95. The van der Waals surface area contributed by atoms with Gasteiger partial charge in [0.1, 0.15) is 29.7 Å². The van der Waals surface area contributed by atoms with Crippen molar-refractivity contribution in [3.63, 3.8) is 0 Å². The predicted molar refractivity (Wildman–Crippen MR) is 84.8 cm³/mol. The summed E-state index contributed by atoms with van der Waals surface area (Å²) in [7, 11) is -4.30. The van der Waals surface area contributed by atoms with Crippen molar-refractivity contribution < 1.29 is 28.9 Å². The number of anilines is 1. The lowest BCUT2D eigenvalue weighted by atomic mass is 9.94. The predicted octanol–water partition coefficient (Wildman–Crippen LogP) is -1.12. The number of fused-ring (bicyclic) bond motifs is 1. The number of nitrogen functional groups attached to an aromatic ring is 1. The highest BCUT2D eigenvalue weighted by Crippen LogP contribution is 2.43. The zero-order valence-electron chi connectivity index (χ0n) is 13.4. The van der Waals surface area contributed by atoms with Crippen molar-refractivity contribution in [1.29, 1.82) is 0 Å². The molecule has 2 unspecified atom stereocenters. The van der Waals surface area contributed by atoms with Gasteiger partial charge in [-0.2, -0.15) is 0 Å². The van der Waals surface area contributed by atoms with Gasteiger partial charge in [-0.3, -0.25) is 9.09 Å². The molecule has 0 aliphatic carbocycles. The molecule has 0 aromatic carbocycles. The number of ether oxygens (including phenoxy) is 1. The molecule has 0 spiro atoms. The van der Waals surface area contributed by atoms with Gasteiger partial charge in [0, 0.05) is 0 Å². The van der Waals surface area contributed by atoms with Gasteiger partial charge in [0.15, 0.2) is 17.7 Å². The molecule has 12 nitrogen and oxygen atoms in total. The maximum Gasteiger partial charge on any atom is 0.400 e. The summed E-state index contributed by atoms with van der Waals surface area (Å²) < 4.78 is 23.1. The van der Waals surface area contributed by atoms with Gasteiger partial charge in [0.05, 0.1) is 12.4 Å². The van der Waals surface area contributed by atoms with Gasteiger partial charge in [-0.05, 0) is 13.8 Å². The highest BCUT2D eigenvalue weighted by Gasteiger charge is 2.55. The van der Waals surface area contributed by atoms with Crippen LogP contribution in [0.2, 0.25) is 0 Å². The molecule has 0 saturated carbocycles. The first-order valence-electron chi connectivity index (χ1n) is 7.31. The van der Waals surface area contributed by atoms with Crippen LogP contribution in [0.3, 0.4) is 0 Å². The van der Waals surface area contributed by atoms with Gasteiger partial charge in [-0.15, -0.1) is 0 Å². The Morgan fingerprint density at radius 1 is 1.48 bits per heavy atom. The molecule has 1 saturated heterocycles. The molecule has 3 rings (SSSR count). The van der Waals surface area contributed by atoms with Crippen LogP contribution in [0.25, 0.3) is 11.2 Å². The molecule has 7 N–H and O–H groups in total. The Morgan fingerprint density at radius 2 is 2.16 bits per heavy atom. The summed E-state index contributed by atoms with van der Waals surface area (Å²) in [6.45, 7) is 2.75. The number of imidazole rings is 1. The van der Waals surface area contributed by atoms with Crippen LogP contribution in [0, 0.1) is 0 Å². The third-order valence-electron chi connectivity index (χ3n) is 4.12. The first-order chi connectivity index (χ1) is 11.5. The third kappa shape index (κ3) is 3.13. The molecular formula is C12H19N6O6P. The largest absolute Gasteiger partial charge is 0.400 e. The van der Waals surface area contributed by atoms with E-state index in [4.69, 9.17) is 25.4 Å². The van der Waals surface area contributed by atoms with Crippen molar-refractivity contribution in [3.05, 3.63) is 12.7 Å². The number of aliphatic hydroxyl groups excluding tert-OH is 1. The van der Waals surface area contributed by atoms with E-state index in [0.29, 0.717) is 11.2 Å². The number of rotatable bonds is 4. The van der Waals surface area contributed by atoms with Crippen molar-refractivity contribution in [2.24, 2.45) is 5.50 Å². The van der Waals surface area contributed by atoms with E-state index in [1.165, 1.54) is 31.1 Å². The minimum atomic E-state index is -4.30. The van der Waals surface area contributed by atoms with Gasteiger partial charge in [0.25, 0.3) is 0 Å². The molecule has 1 aliphatic heterocycles. The molecule has 3 heterocycles. The molecule has 13 heteroatoms. The highest BCUT2D eigenvalue weighted by atomic mass is 31.2. The Kier molecular flexibility index (Phi) is 4.32. The van der Waals surface area contributed by atoms with Crippen LogP contribution in [0.1, 0.15) is 20.1 Å². The Labute approximate surface area is 142 Å². The lowest BCUT2D eigenvalue weighted by molar-refractivity contribution is -0.0976. The van der Waals surface area contributed by atoms with Crippen molar-refractivity contribution in [3.8, 4) is 0 Å². The maximum absolute atomic E-state index is 11.2. The smallest absolute Gasteiger partial charge is 0.387 e. The molecule has 1 aliphatic rings. The second-order valence-corrected chi connectivity index (χ2v) is 7.42. The first-order valence-corrected chi connectivity index (χ1v) is 8.95. The number of aliphatic hydroxyl groups is 2. The zero-order chi connectivity index (χ0) is 18.6. The molecule has 0 radical (unpaired) electrons. The van der Waals surface area contributed by atoms with E-state index >= 15 is 0 Å². The maximum atomic E-state index is 11.2. The summed E-state index contributed by atoms with van der Waals surface area (Å²) in [6, 6.07) is 0. The summed E-state index contributed by atoms with van der Waals surface area (Å²) in [5.41, 5.74) is 9.55. The minimum Gasteiger partial charge on any atom is -0.387 e. The average Bonchev–Trinajstić information content (AvgIpc) is 2.99. The van der Waals surface area contributed by atoms with Gasteiger partial charge in [-0.25, -0.2) is 25.0 Å². The molecular weight excluding hydrogens is 355 g/mol. The molecule has 25 heavy (non-hydrogen) atoms. The lowest BCUT2D eigenvalue weighted by Crippen LogP contribution is -2.46. The number of nitrogens with two attached hydrogens (primary N) is 2. The topological polar surface area (TPSA) is 192 Å². The van der Waals surface area contributed by atoms with Crippen molar-refractivity contribution in [2.45, 2.75) is 44.0 Å². The van der Waals surface area contributed by atoms with Crippen molar-refractivity contribution in [1.82, 2.24) is 19.5 Å². The van der Waals surface area contributed by atoms with Gasteiger partial charge >= 0.3 is 7.75 Å². The number of hydrogen-bond donors (Lipinski definition) is 5. The molecule has 2 aromatic rings. The van der Waals surface area contributed by atoms with Gasteiger partial charge < -0.3 is 25.6 Å². The summed E-state index contributed by atoms with van der Waals surface area (Å²) >= 11 is 0. The molecule has 0 amide bonds. The lowest BCUT2D eigenvalue weighted by Gasteiger charge is -2.27. The number of aromatic nitrogens is 4. The van der Waals surface area contributed by atoms with Crippen LogP contribution in [0.4, 0.5) is 5.82 Å². The zero-order valence-corrected chi connectivity index (χ0v) is 14.3. The van der Waals surface area contributed by atoms with E-state index in [1.54, 1.807) is 0 Å². The Hall–Kier alpha value is -1.66. The third-order valence-corrected chi connectivity index (χ3v) is 4.75. The molecule has 1 fully saturated rings. The molecule has 0 bridgehead atoms. The van der Waals surface area contributed by atoms with Crippen LogP contribution < -0.4 is 11.2 Å². The van der Waals surface area contributed by atoms with Gasteiger partial charge in [0.2, 0.25) is 0 Å². The van der Waals surface area contributed by atoms with E-state index in [0.717, 1.165) is 0 Å². The number of hydrogen-bond acceptors (Lipinski definition) is 9. The summed E-state index contributed by atoms with van der Waals surface area (Å²) in [5, 5.41) is 21.1. The van der Waals surface area contributed by atoms with E-state index < -0.39 is 37.9 Å². The van der Waals surface area contributed by atoms with E-state index in [9.17, 15) is 14.8 Å². The van der Waals surface area contributed by atoms with Gasteiger partial charge in [-0.1, -0.05) is 0 Å². The van der Waals surface area contributed by atoms with E-state index in [1.807, 2.05) is 0 Å². The van der Waals surface area contributed by atoms with Crippen molar-refractivity contribution in [2.75, 3.05) is 5.73 Å². The monoisotopic (exact) mass is 374 g/mol. The fourth-order valence-corrected chi connectivity index (χ4v) is 3.49. The Morgan fingerprint density at radius 3 is 2.80 bits per heavy atom. The Bertz CT molecular complexity index is 837. The standard InChI is InChI=1S/C12H19N6O6P/c1-5(24-25(14,21)22)7-8(19)12(2,20)11(23-7)18-4-17-6-9(13)15-3-16-10(6)18/h3-5,7-8,11,19-20H,1-2H3,(H2,13,15,16)(H3,14,21,22)/t5?,7-,8-,11-,12-/m1/s1. The van der Waals surface area contributed by atoms with Crippen molar-refractivity contribution >= 4 is 24.7 Å². The minimum absolute atomic E-state index is 0.152. The van der Waals surface area contributed by atoms with Crippen LogP contribution in [0.5, 0.6) is 0 Å². The fourth-order valence-electron chi connectivity index (χ4n) is 2.89. The van der Waals surface area contributed by atoms with Crippen LogP contribution >= 0.6 is 7.75 Å². The second-order valence-electron chi connectivity index (χ2n) is 6.08. The molecule has 6 atom stereocenters. The quantitative estimate of drug-likeness (QED) is 0.407. The summed E-state index contributed by atoms with van der Waals surface area (Å²) in [6.07, 6.45) is -2.16. The first kappa shape index (κ1) is 18.1. The summed E-state index contributed by atoms with van der Waals surface area (Å²) in [4.78, 5) is 21.1. The SMILES string of the molecule is CC(OP(N)(=O)O)[C@H]1O[C@@H](n2cnc3c(N)ncnc32)[C@](C)(O)[C@@H]1O. The molecule has 138 valence electrons. The van der Waals surface area contributed by atoms with Crippen LogP contribution in [0.15, 0.2) is 12.7 Å². The van der Waals surface area contributed by atoms with E-state index in [2.05, 4.69) is 15.0 Å². The highest BCUT2D eigenvalue weighted by molar-refractivity contribution is 7.50. The molecule has 2 aromatic heterocycles. The average molecular weight is 374 g/mol. The van der Waals surface area contributed by atoms with Crippen LogP contribution in [-0.2, 0) is 13.8 Å². The normalized spacial score (nSPS) is 33.4. The van der Waals surface area contributed by atoms with E-state index in [-0.39, 0.29) is 5.82 Å². The number of nitrogens with zero attached hydrogens (tertiary/aromatic N) is 4. The van der Waals surface area contributed by atoms with Crippen LogP contribution in [-0.4, -0.2) is 58.5 Å².